The summed E-state index contributed by atoms with van der Waals surface area (Å²) >= 11 is 6.33. The first-order chi connectivity index (χ1) is 16.1. The van der Waals surface area contributed by atoms with Crippen molar-refractivity contribution in [2.75, 3.05) is 11.6 Å². The molecule has 34 heavy (non-hydrogen) atoms. The van der Waals surface area contributed by atoms with Gasteiger partial charge in [0.1, 0.15) is 5.82 Å². The van der Waals surface area contributed by atoms with E-state index in [1.165, 1.54) is 24.3 Å². The molecular formula is C26H20ClFN2O3S. The number of halogens is 2. The van der Waals surface area contributed by atoms with Gasteiger partial charge in [-0.1, -0.05) is 29.3 Å². The molecule has 0 bridgehead atoms. The fraction of sp³-hybridized carbons (Fsp3) is 0.0769. The molecule has 0 fully saturated rings. The quantitative estimate of drug-likeness (QED) is 0.360. The molecule has 1 N–H and O–H groups in total. The molecule has 1 heterocycles. The van der Waals surface area contributed by atoms with Gasteiger partial charge in [0.05, 0.1) is 15.6 Å². The van der Waals surface area contributed by atoms with Crippen molar-refractivity contribution >= 4 is 33.0 Å². The summed E-state index contributed by atoms with van der Waals surface area (Å²) in [5.41, 5.74) is 2.96. The van der Waals surface area contributed by atoms with Crippen molar-refractivity contribution in [3.63, 3.8) is 0 Å². The average molecular weight is 495 g/mol. The second-order valence-corrected chi connectivity index (χ2v) is 10.2. The third-order valence-corrected chi connectivity index (χ3v) is 6.68. The summed E-state index contributed by atoms with van der Waals surface area (Å²) in [6.07, 6.45) is 2.70. The van der Waals surface area contributed by atoms with Crippen LogP contribution in [0.15, 0.2) is 83.9 Å². The monoisotopic (exact) mass is 494 g/mol. The summed E-state index contributed by atoms with van der Waals surface area (Å²) < 4.78 is 39.0. The maximum atomic E-state index is 14.7. The van der Waals surface area contributed by atoms with Gasteiger partial charge in [-0.2, -0.15) is 0 Å². The number of nitrogens with one attached hydrogen (secondary N) is 1. The Balaban J connectivity index is 1.78. The van der Waals surface area contributed by atoms with E-state index in [9.17, 15) is 17.6 Å². The fourth-order valence-corrected chi connectivity index (χ4v) is 4.40. The lowest BCUT2D eigenvalue weighted by Crippen LogP contribution is -2.14. The molecule has 0 aliphatic heterocycles. The number of hydrogen-bond donors (Lipinski definition) is 1. The first kappa shape index (κ1) is 23.6. The summed E-state index contributed by atoms with van der Waals surface area (Å²) in [6.45, 7) is 1.79. The van der Waals surface area contributed by atoms with Crippen LogP contribution in [-0.4, -0.2) is 25.6 Å². The molecule has 0 aliphatic carbocycles. The van der Waals surface area contributed by atoms with Gasteiger partial charge in [-0.3, -0.25) is 9.78 Å². The lowest BCUT2D eigenvalue weighted by atomic mass is 9.97. The number of aryl methyl sites for hydroxylation is 1. The predicted molar refractivity (Wildman–Crippen MR) is 132 cm³/mol. The second kappa shape index (κ2) is 9.37. The Labute approximate surface area is 202 Å². The van der Waals surface area contributed by atoms with E-state index in [0.29, 0.717) is 22.0 Å². The summed E-state index contributed by atoms with van der Waals surface area (Å²) in [5.74, 6) is -1.08. The number of hydrogen-bond acceptors (Lipinski definition) is 4. The van der Waals surface area contributed by atoms with Crippen LogP contribution >= 0.6 is 11.6 Å². The fourth-order valence-electron chi connectivity index (χ4n) is 3.54. The number of anilines is 1. The van der Waals surface area contributed by atoms with Crippen LogP contribution in [-0.2, 0) is 9.84 Å². The van der Waals surface area contributed by atoms with Crippen molar-refractivity contribution in [3.8, 4) is 22.4 Å². The smallest absolute Gasteiger partial charge is 0.256 e. The summed E-state index contributed by atoms with van der Waals surface area (Å²) in [6, 6.07) is 18.9. The number of carbonyl (C=O) groups is 1. The van der Waals surface area contributed by atoms with Crippen LogP contribution in [0.25, 0.3) is 22.4 Å². The molecule has 1 amide bonds. The third-order valence-electron chi connectivity index (χ3n) is 5.24. The van der Waals surface area contributed by atoms with E-state index in [1.54, 1.807) is 55.6 Å². The molecule has 4 aromatic rings. The van der Waals surface area contributed by atoms with Crippen molar-refractivity contribution in [1.29, 1.82) is 0 Å². The molecule has 0 radical (unpaired) electrons. The molecule has 0 atom stereocenters. The number of sulfone groups is 1. The van der Waals surface area contributed by atoms with E-state index in [4.69, 9.17) is 11.6 Å². The lowest BCUT2D eigenvalue weighted by Gasteiger charge is -2.14. The zero-order chi connectivity index (χ0) is 24.5. The van der Waals surface area contributed by atoms with E-state index >= 15 is 0 Å². The van der Waals surface area contributed by atoms with Gasteiger partial charge in [-0.05, 0) is 73.2 Å². The molecule has 1 aromatic heterocycles. The topological polar surface area (TPSA) is 76.1 Å². The Kier molecular flexibility index (Phi) is 6.50. The van der Waals surface area contributed by atoms with Gasteiger partial charge in [0, 0.05) is 34.8 Å². The molecule has 0 aliphatic rings. The zero-order valence-corrected chi connectivity index (χ0v) is 19.9. The van der Waals surface area contributed by atoms with Gasteiger partial charge < -0.3 is 5.32 Å². The van der Waals surface area contributed by atoms with E-state index in [-0.39, 0.29) is 21.6 Å². The van der Waals surface area contributed by atoms with Crippen molar-refractivity contribution in [3.05, 3.63) is 101 Å². The number of rotatable bonds is 5. The van der Waals surface area contributed by atoms with Crippen LogP contribution in [0.5, 0.6) is 0 Å². The molecule has 5 nitrogen and oxygen atoms in total. The highest BCUT2D eigenvalue weighted by molar-refractivity contribution is 7.90. The maximum Gasteiger partial charge on any atom is 0.256 e. The zero-order valence-electron chi connectivity index (χ0n) is 18.3. The molecule has 4 rings (SSSR count). The Hall–Kier alpha value is -3.55. The van der Waals surface area contributed by atoms with Crippen LogP contribution in [0.3, 0.4) is 0 Å². The van der Waals surface area contributed by atoms with Gasteiger partial charge in [-0.25, -0.2) is 12.8 Å². The van der Waals surface area contributed by atoms with E-state index in [1.807, 2.05) is 6.07 Å². The number of carbonyl (C=O) groups excluding carboxylic acids is 1. The van der Waals surface area contributed by atoms with Crippen molar-refractivity contribution in [2.24, 2.45) is 0 Å². The first-order valence-corrected chi connectivity index (χ1v) is 12.5. The normalized spacial score (nSPS) is 11.3. The van der Waals surface area contributed by atoms with Crippen LogP contribution in [0, 0.1) is 12.7 Å². The van der Waals surface area contributed by atoms with E-state index in [0.717, 1.165) is 11.8 Å². The van der Waals surface area contributed by atoms with Crippen molar-refractivity contribution in [1.82, 2.24) is 4.98 Å². The molecule has 172 valence electrons. The van der Waals surface area contributed by atoms with Crippen LogP contribution in [0.1, 0.15) is 15.9 Å². The highest BCUT2D eigenvalue weighted by Crippen LogP contribution is 2.32. The first-order valence-electron chi connectivity index (χ1n) is 10.3. The molecule has 0 saturated carbocycles. The second-order valence-electron chi connectivity index (χ2n) is 7.83. The van der Waals surface area contributed by atoms with Crippen LogP contribution in [0.2, 0.25) is 5.02 Å². The van der Waals surface area contributed by atoms with Gasteiger partial charge >= 0.3 is 0 Å². The number of aromatic nitrogens is 1. The highest BCUT2D eigenvalue weighted by Gasteiger charge is 2.20. The minimum Gasteiger partial charge on any atom is -0.322 e. The summed E-state index contributed by atoms with van der Waals surface area (Å²) in [5, 5.41) is 3.27. The van der Waals surface area contributed by atoms with Crippen molar-refractivity contribution in [2.45, 2.75) is 11.8 Å². The van der Waals surface area contributed by atoms with Gasteiger partial charge in [-0.15, -0.1) is 0 Å². The van der Waals surface area contributed by atoms with Crippen molar-refractivity contribution < 1.29 is 17.6 Å². The summed E-state index contributed by atoms with van der Waals surface area (Å²) in [7, 11) is -3.57. The van der Waals surface area contributed by atoms with Crippen LogP contribution in [0.4, 0.5) is 10.1 Å². The number of pyridine rings is 1. The van der Waals surface area contributed by atoms with Gasteiger partial charge in [0.2, 0.25) is 0 Å². The van der Waals surface area contributed by atoms with Gasteiger partial charge in [0.15, 0.2) is 9.84 Å². The van der Waals surface area contributed by atoms with E-state index in [2.05, 4.69) is 10.3 Å². The van der Waals surface area contributed by atoms with E-state index < -0.39 is 21.6 Å². The number of benzene rings is 3. The largest absolute Gasteiger partial charge is 0.322 e. The molecule has 8 heteroatoms. The molecular weight excluding hydrogens is 475 g/mol. The Morgan fingerprint density at radius 2 is 1.74 bits per heavy atom. The summed E-state index contributed by atoms with van der Waals surface area (Å²) in [4.78, 5) is 17.6. The SMILES string of the molecule is Cc1ccc(F)c(-c2cc(S(C)(=O)=O)ccc2C(=O)Nc2ccc(Cl)c(-c3ccccn3)c2)c1. The minimum absolute atomic E-state index is 0.0103. The third kappa shape index (κ3) is 5.00. The molecule has 0 unspecified atom stereocenters. The maximum absolute atomic E-state index is 14.7. The standard InChI is InChI=1S/C26H20ClFN2O3S/c1-16-6-11-24(28)21(13-16)20-15-18(34(2,32)33)8-9-19(20)26(31)30-17-7-10-23(27)22(14-17)25-5-3-4-12-29-25/h3-15H,1-2H3,(H,30,31). The predicted octanol–water partition coefficient (Wildman–Crippen LogP) is 6.17. The van der Waals surface area contributed by atoms with Gasteiger partial charge in [0.25, 0.3) is 5.91 Å². The Bertz CT molecular complexity index is 1510. The molecule has 0 saturated heterocycles. The highest BCUT2D eigenvalue weighted by atomic mass is 35.5. The molecule has 0 spiro atoms. The van der Waals surface area contributed by atoms with Crippen LogP contribution < -0.4 is 5.32 Å². The number of amides is 1. The Morgan fingerprint density at radius 3 is 2.44 bits per heavy atom. The minimum atomic E-state index is -3.57. The lowest BCUT2D eigenvalue weighted by molar-refractivity contribution is 0.102. The molecule has 3 aromatic carbocycles. The number of nitrogens with zero attached hydrogens (tertiary/aromatic N) is 1. The average Bonchev–Trinajstić information content (AvgIpc) is 2.81. The Morgan fingerprint density at radius 1 is 0.941 bits per heavy atom.